The van der Waals surface area contributed by atoms with Gasteiger partial charge in [-0.1, -0.05) is 24.3 Å². The van der Waals surface area contributed by atoms with Gasteiger partial charge in [-0.15, -0.1) is 0 Å². The molecule has 6 nitrogen and oxygen atoms in total. The van der Waals surface area contributed by atoms with Crippen LogP contribution in [-0.2, 0) is 4.79 Å². The van der Waals surface area contributed by atoms with Gasteiger partial charge < -0.3 is 14.4 Å². The van der Waals surface area contributed by atoms with Gasteiger partial charge in [-0.3, -0.25) is 4.79 Å². The molecular formula is C25H29N3O3. The molecule has 0 N–H and O–H groups in total. The van der Waals surface area contributed by atoms with Gasteiger partial charge in [-0.25, -0.2) is 5.01 Å². The number of amides is 1. The smallest absolute Gasteiger partial charge is 0.219 e. The molecule has 1 amide bonds. The van der Waals surface area contributed by atoms with Gasteiger partial charge >= 0.3 is 0 Å². The number of carbonyl (C=O) groups is 1. The van der Waals surface area contributed by atoms with E-state index in [1.165, 1.54) is 16.7 Å². The van der Waals surface area contributed by atoms with E-state index in [-0.39, 0.29) is 11.9 Å². The first-order valence-electron chi connectivity index (χ1n) is 11.0. The lowest BCUT2D eigenvalue weighted by Crippen LogP contribution is -2.59. The predicted molar refractivity (Wildman–Crippen MR) is 119 cm³/mol. The Balaban J connectivity index is 1.58. The molecule has 0 bridgehead atoms. The van der Waals surface area contributed by atoms with E-state index in [1.807, 2.05) is 17.0 Å². The maximum absolute atomic E-state index is 11.9. The summed E-state index contributed by atoms with van der Waals surface area (Å²) in [7, 11) is 1.68. The average molecular weight is 420 g/mol. The summed E-state index contributed by atoms with van der Waals surface area (Å²) in [5, 5.41) is 7.31. The molecule has 0 radical (unpaired) electrons. The fourth-order valence-corrected chi connectivity index (χ4v) is 5.03. The van der Waals surface area contributed by atoms with Crippen molar-refractivity contribution in [1.29, 1.82) is 0 Å². The number of para-hydroxylation sites is 1. The molecule has 0 unspecified atom stereocenters. The molecule has 3 aliphatic rings. The van der Waals surface area contributed by atoms with Crippen LogP contribution in [0.15, 0.2) is 41.5 Å². The average Bonchev–Trinajstić information content (AvgIpc) is 3.23. The molecule has 31 heavy (non-hydrogen) atoms. The number of likely N-dealkylation sites (tertiary alicyclic amines) is 1. The van der Waals surface area contributed by atoms with E-state index >= 15 is 0 Å². The number of ether oxygens (including phenoxy) is 2. The van der Waals surface area contributed by atoms with Crippen LogP contribution in [0.3, 0.4) is 0 Å². The molecule has 0 saturated carbocycles. The van der Waals surface area contributed by atoms with Crippen LogP contribution in [0.25, 0.3) is 0 Å². The number of aryl methyl sites for hydroxylation is 2. The van der Waals surface area contributed by atoms with Crippen molar-refractivity contribution in [3.8, 4) is 11.5 Å². The van der Waals surface area contributed by atoms with Crippen LogP contribution in [0.1, 0.15) is 54.5 Å². The van der Waals surface area contributed by atoms with E-state index in [0.29, 0.717) is 25.9 Å². The van der Waals surface area contributed by atoms with Crippen molar-refractivity contribution in [2.24, 2.45) is 5.10 Å². The zero-order chi connectivity index (χ0) is 21.8. The van der Waals surface area contributed by atoms with Gasteiger partial charge in [-0.2, -0.15) is 5.10 Å². The Labute approximate surface area is 183 Å². The first-order valence-corrected chi connectivity index (χ1v) is 11.0. The lowest BCUT2D eigenvalue weighted by Gasteiger charge is -2.51. The molecule has 0 aliphatic carbocycles. The summed E-state index contributed by atoms with van der Waals surface area (Å²) in [5.74, 6) is 1.69. The second-order valence-corrected chi connectivity index (χ2v) is 8.84. The van der Waals surface area contributed by atoms with E-state index in [0.717, 1.165) is 29.2 Å². The van der Waals surface area contributed by atoms with Crippen molar-refractivity contribution in [2.75, 3.05) is 20.2 Å². The number of hydrogen-bond donors (Lipinski definition) is 0. The van der Waals surface area contributed by atoms with Crippen LogP contribution in [0.2, 0.25) is 0 Å². The topological polar surface area (TPSA) is 54.4 Å². The zero-order valence-corrected chi connectivity index (χ0v) is 18.6. The summed E-state index contributed by atoms with van der Waals surface area (Å²) >= 11 is 0. The highest BCUT2D eigenvalue weighted by Crippen LogP contribution is 2.52. The number of piperidine rings is 1. The van der Waals surface area contributed by atoms with Gasteiger partial charge in [0.05, 0.1) is 18.9 Å². The number of methoxy groups -OCH3 is 1. The Morgan fingerprint density at radius 1 is 1.16 bits per heavy atom. The zero-order valence-electron chi connectivity index (χ0n) is 18.6. The van der Waals surface area contributed by atoms with E-state index in [1.54, 1.807) is 14.0 Å². The molecule has 1 spiro atoms. The van der Waals surface area contributed by atoms with Gasteiger partial charge in [0, 0.05) is 44.8 Å². The molecule has 6 heteroatoms. The first kappa shape index (κ1) is 19.9. The minimum absolute atomic E-state index is 0.0966. The standard InChI is InChI=1S/C25H29N3O3/c1-16-8-9-19(14-17(16)2)21-15-22-20-6-5-7-23(30-4)24(20)31-25(28(22)26-21)10-12-27(13-11-25)18(3)29/h5-9,14,22H,10-13,15H2,1-4H3/t22-/m0/s1. The molecule has 1 atom stereocenters. The Morgan fingerprint density at radius 3 is 2.61 bits per heavy atom. The van der Waals surface area contributed by atoms with E-state index in [9.17, 15) is 4.79 Å². The minimum Gasteiger partial charge on any atom is -0.493 e. The van der Waals surface area contributed by atoms with Crippen molar-refractivity contribution < 1.29 is 14.3 Å². The van der Waals surface area contributed by atoms with E-state index in [4.69, 9.17) is 14.6 Å². The maximum atomic E-state index is 11.9. The van der Waals surface area contributed by atoms with E-state index in [2.05, 4.69) is 43.1 Å². The summed E-state index contributed by atoms with van der Waals surface area (Å²) < 4.78 is 12.4. The fourth-order valence-electron chi connectivity index (χ4n) is 5.03. The summed E-state index contributed by atoms with van der Waals surface area (Å²) in [6.07, 6.45) is 2.25. The van der Waals surface area contributed by atoms with Crippen LogP contribution in [-0.4, -0.2) is 47.5 Å². The number of rotatable bonds is 2. The number of nitrogens with zero attached hydrogens (tertiary/aromatic N) is 3. The molecule has 0 aromatic heterocycles. The Hall–Kier alpha value is -3.02. The van der Waals surface area contributed by atoms with Crippen LogP contribution in [0.4, 0.5) is 0 Å². The molecule has 2 aromatic carbocycles. The third-order valence-electron chi connectivity index (χ3n) is 7.04. The summed E-state index contributed by atoms with van der Waals surface area (Å²) in [4.78, 5) is 13.8. The molecule has 3 aliphatic heterocycles. The Kier molecular flexibility index (Phi) is 4.68. The van der Waals surface area contributed by atoms with Gasteiger partial charge in [-0.05, 0) is 42.7 Å². The van der Waals surface area contributed by atoms with Gasteiger partial charge in [0.1, 0.15) is 0 Å². The lowest BCUT2D eigenvalue weighted by atomic mass is 9.90. The van der Waals surface area contributed by atoms with Gasteiger partial charge in [0.15, 0.2) is 11.5 Å². The van der Waals surface area contributed by atoms with Crippen molar-refractivity contribution in [2.45, 2.75) is 51.8 Å². The van der Waals surface area contributed by atoms with Crippen molar-refractivity contribution in [1.82, 2.24) is 9.91 Å². The van der Waals surface area contributed by atoms with Gasteiger partial charge in [0.25, 0.3) is 0 Å². The molecule has 1 fully saturated rings. The Morgan fingerprint density at radius 2 is 1.94 bits per heavy atom. The highest BCUT2D eigenvalue weighted by molar-refractivity contribution is 6.02. The number of hydrazone groups is 1. The van der Waals surface area contributed by atoms with Crippen molar-refractivity contribution >= 4 is 11.6 Å². The summed E-state index contributed by atoms with van der Waals surface area (Å²) in [6, 6.07) is 12.7. The highest BCUT2D eigenvalue weighted by Gasteiger charge is 2.52. The monoisotopic (exact) mass is 419 g/mol. The third-order valence-corrected chi connectivity index (χ3v) is 7.04. The quantitative estimate of drug-likeness (QED) is 0.732. The fraction of sp³-hybridized carbons (Fsp3) is 0.440. The summed E-state index contributed by atoms with van der Waals surface area (Å²) in [6.45, 7) is 7.23. The lowest BCUT2D eigenvalue weighted by molar-refractivity contribution is -0.159. The largest absolute Gasteiger partial charge is 0.493 e. The predicted octanol–water partition coefficient (Wildman–Crippen LogP) is 4.19. The third kappa shape index (κ3) is 3.16. The van der Waals surface area contributed by atoms with Crippen LogP contribution in [0.5, 0.6) is 11.5 Å². The molecule has 1 saturated heterocycles. The maximum Gasteiger partial charge on any atom is 0.219 e. The van der Waals surface area contributed by atoms with Crippen molar-refractivity contribution in [3.05, 3.63) is 58.7 Å². The molecule has 162 valence electrons. The van der Waals surface area contributed by atoms with Crippen molar-refractivity contribution in [3.63, 3.8) is 0 Å². The second kappa shape index (κ2) is 7.29. The van der Waals surface area contributed by atoms with Crippen LogP contribution in [0, 0.1) is 13.8 Å². The SMILES string of the molecule is COc1cccc2c1OC1(CCN(C(C)=O)CC1)N1N=C(c3ccc(C)c(C)c3)C[C@@H]21. The number of hydrogen-bond acceptors (Lipinski definition) is 5. The number of fused-ring (bicyclic) bond motifs is 4. The van der Waals surface area contributed by atoms with E-state index < -0.39 is 5.72 Å². The minimum atomic E-state index is -0.570. The number of benzene rings is 2. The summed E-state index contributed by atoms with van der Waals surface area (Å²) in [5.41, 5.74) is 5.35. The normalized spacial score (nSPS) is 21.3. The first-order chi connectivity index (χ1) is 14.9. The second-order valence-electron chi connectivity index (χ2n) is 8.84. The van der Waals surface area contributed by atoms with Crippen LogP contribution >= 0.6 is 0 Å². The molecule has 2 aromatic rings. The molecule has 5 rings (SSSR count). The molecule has 3 heterocycles. The van der Waals surface area contributed by atoms with Crippen LogP contribution < -0.4 is 9.47 Å². The highest BCUT2D eigenvalue weighted by atomic mass is 16.5. The Bertz CT molecular complexity index is 1070. The van der Waals surface area contributed by atoms with Gasteiger partial charge in [0.2, 0.25) is 11.6 Å². The number of carbonyl (C=O) groups excluding carboxylic acids is 1. The molecular weight excluding hydrogens is 390 g/mol.